The third-order valence-electron chi connectivity index (χ3n) is 2.22. The molecular weight excluding hydrogens is 182 g/mol. The maximum Gasteiger partial charge on any atom is 0.230 e. The number of likely N-dealkylation sites (tertiary alicyclic amines) is 1. The molecule has 1 amide bonds. The van der Waals surface area contributed by atoms with Gasteiger partial charge in [0.05, 0.1) is 19.6 Å². The van der Waals surface area contributed by atoms with Gasteiger partial charge in [-0.1, -0.05) is 13.3 Å². The van der Waals surface area contributed by atoms with Gasteiger partial charge in [-0.05, 0) is 6.42 Å². The highest BCUT2D eigenvalue weighted by molar-refractivity contribution is 6.05. The number of unbranched alkanes of at least 4 members (excludes halogenated alkanes) is 1. The molecule has 0 bridgehead atoms. The van der Waals surface area contributed by atoms with Crippen molar-refractivity contribution in [1.29, 1.82) is 0 Å². The van der Waals surface area contributed by atoms with E-state index >= 15 is 0 Å². The van der Waals surface area contributed by atoms with Crippen molar-refractivity contribution < 1.29 is 14.3 Å². The van der Waals surface area contributed by atoms with Gasteiger partial charge in [0, 0.05) is 13.2 Å². The molecule has 1 aliphatic rings. The third-order valence-corrected chi connectivity index (χ3v) is 2.22. The minimum Gasteiger partial charge on any atom is -0.380 e. The Morgan fingerprint density at radius 1 is 1.36 bits per heavy atom. The molecule has 0 unspecified atom stereocenters. The molecule has 0 atom stereocenters. The summed E-state index contributed by atoms with van der Waals surface area (Å²) in [6.07, 6.45) is 2.24. The second-order valence-corrected chi connectivity index (χ2v) is 3.50. The van der Waals surface area contributed by atoms with Gasteiger partial charge in [0.1, 0.15) is 0 Å². The fraction of sp³-hybridized carbons (Fsp3) is 0.800. The molecule has 0 aromatic carbocycles. The van der Waals surface area contributed by atoms with Crippen LogP contribution in [0.4, 0.5) is 0 Å². The van der Waals surface area contributed by atoms with E-state index < -0.39 is 0 Å². The minimum absolute atomic E-state index is 0.0172. The van der Waals surface area contributed by atoms with Gasteiger partial charge in [0.25, 0.3) is 0 Å². The van der Waals surface area contributed by atoms with Crippen LogP contribution in [0.15, 0.2) is 0 Å². The van der Waals surface area contributed by atoms with Crippen LogP contribution in [0.25, 0.3) is 0 Å². The standard InChI is InChI=1S/C10H17NO3/c1-2-3-5-14-6-4-11-8-9(12)7-10(11)13/h2-8H2,1H3. The van der Waals surface area contributed by atoms with E-state index in [1.165, 1.54) is 0 Å². The molecule has 0 aromatic rings. The Kier molecular flexibility index (Phi) is 4.59. The average molecular weight is 199 g/mol. The van der Waals surface area contributed by atoms with Crippen LogP contribution in [0.5, 0.6) is 0 Å². The van der Waals surface area contributed by atoms with Crippen molar-refractivity contribution in [2.75, 3.05) is 26.3 Å². The summed E-state index contributed by atoms with van der Waals surface area (Å²) < 4.78 is 5.31. The number of carbonyl (C=O) groups excluding carboxylic acids is 2. The molecule has 4 nitrogen and oxygen atoms in total. The number of amides is 1. The van der Waals surface area contributed by atoms with E-state index in [1.54, 1.807) is 4.90 Å². The molecule has 0 radical (unpaired) electrons. The first-order valence-corrected chi connectivity index (χ1v) is 5.11. The Morgan fingerprint density at radius 3 is 2.71 bits per heavy atom. The van der Waals surface area contributed by atoms with E-state index in [9.17, 15) is 9.59 Å². The second-order valence-electron chi connectivity index (χ2n) is 3.50. The fourth-order valence-corrected chi connectivity index (χ4v) is 1.36. The molecule has 0 aliphatic carbocycles. The Hall–Kier alpha value is -0.900. The molecule has 1 heterocycles. The number of hydrogen-bond acceptors (Lipinski definition) is 3. The molecule has 0 N–H and O–H groups in total. The largest absolute Gasteiger partial charge is 0.380 e. The van der Waals surface area contributed by atoms with Gasteiger partial charge in [-0.3, -0.25) is 9.59 Å². The third kappa shape index (κ3) is 3.46. The van der Waals surface area contributed by atoms with Crippen molar-refractivity contribution >= 4 is 11.7 Å². The van der Waals surface area contributed by atoms with Crippen LogP contribution in [0.3, 0.4) is 0 Å². The van der Waals surface area contributed by atoms with Crippen LogP contribution >= 0.6 is 0 Å². The number of hydrogen-bond donors (Lipinski definition) is 0. The van der Waals surface area contributed by atoms with E-state index in [2.05, 4.69) is 6.92 Å². The lowest BCUT2D eigenvalue weighted by molar-refractivity contribution is -0.128. The Labute approximate surface area is 84.2 Å². The summed E-state index contributed by atoms with van der Waals surface area (Å²) in [5.41, 5.74) is 0. The number of ketones is 1. The van der Waals surface area contributed by atoms with E-state index in [4.69, 9.17) is 4.74 Å². The maximum absolute atomic E-state index is 11.2. The van der Waals surface area contributed by atoms with Gasteiger partial charge in [0.15, 0.2) is 5.78 Å². The predicted molar refractivity (Wildman–Crippen MR) is 51.9 cm³/mol. The normalized spacial score (nSPS) is 16.8. The van der Waals surface area contributed by atoms with Crippen LogP contribution in [0.2, 0.25) is 0 Å². The Morgan fingerprint density at radius 2 is 2.14 bits per heavy atom. The molecule has 1 fully saturated rings. The topological polar surface area (TPSA) is 46.6 Å². The van der Waals surface area contributed by atoms with Gasteiger partial charge in [-0.2, -0.15) is 0 Å². The van der Waals surface area contributed by atoms with Gasteiger partial charge in [-0.25, -0.2) is 0 Å². The zero-order valence-electron chi connectivity index (χ0n) is 8.62. The lowest BCUT2D eigenvalue weighted by Gasteiger charge is -2.13. The Bertz CT molecular complexity index is 215. The van der Waals surface area contributed by atoms with E-state index in [0.29, 0.717) is 13.2 Å². The quantitative estimate of drug-likeness (QED) is 0.465. The van der Waals surface area contributed by atoms with E-state index in [0.717, 1.165) is 19.4 Å². The van der Waals surface area contributed by atoms with Crippen LogP contribution < -0.4 is 0 Å². The molecule has 0 aromatic heterocycles. The molecule has 1 rings (SSSR count). The van der Waals surface area contributed by atoms with Gasteiger partial charge in [0.2, 0.25) is 5.91 Å². The van der Waals surface area contributed by atoms with Crippen molar-refractivity contribution in [3.8, 4) is 0 Å². The molecule has 14 heavy (non-hydrogen) atoms. The summed E-state index contributed by atoms with van der Waals surface area (Å²) in [7, 11) is 0. The summed E-state index contributed by atoms with van der Waals surface area (Å²) in [6, 6.07) is 0. The first-order chi connectivity index (χ1) is 6.74. The van der Waals surface area contributed by atoms with Crippen molar-refractivity contribution in [2.24, 2.45) is 0 Å². The van der Waals surface area contributed by atoms with Crippen molar-refractivity contribution in [3.63, 3.8) is 0 Å². The molecular formula is C10H17NO3. The van der Waals surface area contributed by atoms with Crippen molar-refractivity contribution in [3.05, 3.63) is 0 Å². The van der Waals surface area contributed by atoms with Gasteiger partial charge < -0.3 is 9.64 Å². The van der Waals surface area contributed by atoms with Crippen molar-refractivity contribution in [1.82, 2.24) is 4.90 Å². The Balaban J connectivity index is 2.07. The zero-order chi connectivity index (χ0) is 10.4. The SMILES string of the molecule is CCCCOCCN1CC(=O)CC1=O. The summed E-state index contributed by atoms with van der Waals surface area (Å²) in [5.74, 6) is -0.0438. The number of Topliss-reactive ketones (excluding diaryl/α,β-unsaturated/α-hetero) is 1. The average Bonchev–Trinajstić information content (AvgIpc) is 2.45. The van der Waals surface area contributed by atoms with Crippen LogP contribution in [0.1, 0.15) is 26.2 Å². The number of ether oxygens (including phenoxy) is 1. The first kappa shape index (κ1) is 11.2. The predicted octanol–water partition coefficient (Wildman–Crippen LogP) is 0.604. The van der Waals surface area contributed by atoms with Gasteiger partial charge >= 0.3 is 0 Å². The molecule has 0 saturated carbocycles. The zero-order valence-corrected chi connectivity index (χ0v) is 8.62. The van der Waals surface area contributed by atoms with E-state index in [-0.39, 0.29) is 24.7 Å². The second kappa shape index (κ2) is 5.75. The number of nitrogens with zero attached hydrogens (tertiary/aromatic N) is 1. The van der Waals surface area contributed by atoms with Crippen LogP contribution in [0, 0.1) is 0 Å². The van der Waals surface area contributed by atoms with Crippen LogP contribution in [-0.2, 0) is 14.3 Å². The fourth-order valence-electron chi connectivity index (χ4n) is 1.36. The number of carbonyl (C=O) groups is 2. The summed E-state index contributed by atoms with van der Waals surface area (Å²) in [6.45, 7) is 4.21. The lowest BCUT2D eigenvalue weighted by Crippen LogP contribution is -2.29. The first-order valence-electron chi connectivity index (χ1n) is 5.11. The molecule has 0 spiro atoms. The highest BCUT2D eigenvalue weighted by Gasteiger charge is 2.26. The summed E-state index contributed by atoms with van der Waals surface area (Å²) >= 11 is 0. The monoisotopic (exact) mass is 199 g/mol. The molecule has 1 saturated heterocycles. The summed E-state index contributed by atoms with van der Waals surface area (Å²) in [4.78, 5) is 23.6. The molecule has 1 aliphatic heterocycles. The minimum atomic E-state index is -0.0610. The van der Waals surface area contributed by atoms with Crippen LogP contribution in [-0.4, -0.2) is 42.9 Å². The molecule has 80 valence electrons. The molecule has 4 heteroatoms. The smallest absolute Gasteiger partial charge is 0.230 e. The highest BCUT2D eigenvalue weighted by Crippen LogP contribution is 2.05. The maximum atomic E-state index is 11.2. The van der Waals surface area contributed by atoms with Gasteiger partial charge in [-0.15, -0.1) is 0 Å². The summed E-state index contributed by atoms with van der Waals surface area (Å²) in [5, 5.41) is 0. The lowest BCUT2D eigenvalue weighted by atomic mass is 10.3. The number of rotatable bonds is 6. The highest BCUT2D eigenvalue weighted by atomic mass is 16.5. The van der Waals surface area contributed by atoms with E-state index in [1.807, 2.05) is 0 Å². The van der Waals surface area contributed by atoms with Crippen molar-refractivity contribution in [2.45, 2.75) is 26.2 Å².